The maximum absolute atomic E-state index is 5.86. The normalized spacial score (nSPS) is 22.2. The zero-order chi connectivity index (χ0) is 9.90. The van der Waals surface area contributed by atoms with E-state index in [0.29, 0.717) is 10.8 Å². The summed E-state index contributed by atoms with van der Waals surface area (Å²) in [7, 11) is 0. The Labute approximate surface area is 86.2 Å². The van der Waals surface area contributed by atoms with Gasteiger partial charge in [-0.05, 0) is 46.0 Å². The summed E-state index contributed by atoms with van der Waals surface area (Å²) in [6.45, 7) is 8.19. The number of piperidine rings is 1. The van der Waals surface area contributed by atoms with Crippen molar-refractivity contribution in [3.05, 3.63) is 0 Å². The summed E-state index contributed by atoms with van der Waals surface area (Å²) in [6, 6.07) is 0.452. The molecule has 1 rings (SSSR count). The van der Waals surface area contributed by atoms with Crippen molar-refractivity contribution in [2.24, 2.45) is 5.73 Å². The van der Waals surface area contributed by atoms with Gasteiger partial charge in [0.25, 0.3) is 0 Å². The first kappa shape index (κ1) is 11.3. The first-order valence-electron chi connectivity index (χ1n) is 5.06. The van der Waals surface area contributed by atoms with Crippen LogP contribution in [0.2, 0.25) is 0 Å². The summed E-state index contributed by atoms with van der Waals surface area (Å²) in [4.78, 5) is 2.54. The van der Waals surface area contributed by atoms with Gasteiger partial charge in [0.2, 0.25) is 0 Å². The number of rotatable bonds is 3. The Kier molecular flexibility index (Phi) is 4.07. The summed E-state index contributed by atoms with van der Waals surface area (Å²) in [6.07, 6.45) is 4.53. The highest BCUT2D eigenvalue weighted by Crippen LogP contribution is 2.23. The van der Waals surface area contributed by atoms with Crippen LogP contribution in [-0.2, 0) is 0 Å². The number of nitrogens with zero attached hydrogens (tertiary/aromatic N) is 1. The minimum absolute atomic E-state index is 0.390. The quantitative estimate of drug-likeness (QED) is 0.753. The van der Waals surface area contributed by atoms with Crippen LogP contribution in [0.3, 0.4) is 0 Å². The molecule has 0 radical (unpaired) electrons. The van der Waals surface area contributed by atoms with Gasteiger partial charge in [-0.1, -0.05) is 0 Å². The zero-order valence-electron chi connectivity index (χ0n) is 9.05. The molecule has 0 atom stereocenters. The van der Waals surface area contributed by atoms with Gasteiger partial charge in [-0.25, -0.2) is 0 Å². The number of hydrogen-bond donors (Lipinski definition) is 1. The summed E-state index contributed by atoms with van der Waals surface area (Å²) in [5.41, 5.74) is 5.86. The lowest BCUT2D eigenvalue weighted by molar-refractivity contribution is 0.201. The van der Waals surface area contributed by atoms with Crippen LogP contribution in [0.5, 0.6) is 0 Å². The lowest BCUT2D eigenvalue weighted by Crippen LogP contribution is -2.44. The van der Waals surface area contributed by atoms with Gasteiger partial charge in [0.15, 0.2) is 0 Å². The zero-order valence-corrected chi connectivity index (χ0v) is 9.86. The van der Waals surface area contributed by atoms with E-state index in [0.717, 1.165) is 0 Å². The molecule has 2 nitrogen and oxygen atoms in total. The van der Waals surface area contributed by atoms with Gasteiger partial charge in [0, 0.05) is 17.3 Å². The Morgan fingerprint density at radius 1 is 1.38 bits per heavy atom. The van der Waals surface area contributed by atoms with Crippen LogP contribution in [0, 0.1) is 0 Å². The molecule has 0 bridgehead atoms. The van der Waals surface area contributed by atoms with Crippen LogP contribution in [0.15, 0.2) is 0 Å². The molecule has 0 aromatic rings. The fraction of sp³-hybridized carbons (Fsp3) is 1.00. The second-order valence-electron chi connectivity index (χ2n) is 4.58. The highest BCUT2D eigenvalue weighted by Gasteiger charge is 2.23. The van der Waals surface area contributed by atoms with Gasteiger partial charge < -0.3 is 10.6 Å². The molecule has 0 unspecified atom stereocenters. The molecule has 1 heterocycles. The first-order chi connectivity index (χ1) is 6.03. The Balaban J connectivity index is 2.30. The van der Waals surface area contributed by atoms with Crippen LogP contribution in [0.4, 0.5) is 0 Å². The van der Waals surface area contributed by atoms with Crippen molar-refractivity contribution in [2.75, 3.05) is 25.9 Å². The Hall–Kier alpha value is 0.270. The molecule has 0 saturated carbocycles. The minimum atomic E-state index is 0.390. The lowest BCUT2D eigenvalue weighted by Gasteiger charge is -2.35. The molecular weight excluding hydrogens is 180 g/mol. The second kappa shape index (κ2) is 4.67. The molecule has 0 amide bonds. The van der Waals surface area contributed by atoms with Crippen molar-refractivity contribution < 1.29 is 0 Å². The third-order valence-electron chi connectivity index (χ3n) is 2.79. The van der Waals surface area contributed by atoms with Crippen LogP contribution in [-0.4, -0.2) is 41.6 Å². The van der Waals surface area contributed by atoms with Gasteiger partial charge in [0.05, 0.1) is 0 Å². The molecular formula is C10H22N2S. The van der Waals surface area contributed by atoms with Crippen LogP contribution < -0.4 is 5.73 Å². The first-order valence-corrected chi connectivity index (χ1v) is 6.29. The van der Waals surface area contributed by atoms with Gasteiger partial charge in [0.1, 0.15) is 0 Å². The minimum Gasteiger partial charge on any atom is -0.328 e. The number of hydrogen-bond acceptors (Lipinski definition) is 3. The molecule has 3 heteroatoms. The molecule has 78 valence electrons. The highest BCUT2D eigenvalue weighted by atomic mass is 32.2. The van der Waals surface area contributed by atoms with Crippen molar-refractivity contribution in [1.82, 2.24) is 4.90 Å². The van der Waals surface area contributed by atoms with E-state index in [9.17, 15) is 0 Å². The van der Waals surface area contributed by atoms with E-state index >= 15 is 0 Å². The van der Waals surface area contributed by atoms with Gasteiger partial charge in [-0.3, -0.25) is 0 Å². The Bertz CT molecular complexity index is 151. The maximum atomic E-state index is 5.86. The topological polar surface area (TPSA) is 29.3 Å². The molecule has 2 N–H and O–H groups in total. The standard InChI is InChI=1S/C10H22N2S/c1-10(2,13-3)8-12-6-4-9(11)5-7-12/h9H,4-8,11H2,1-3H3. The van der Waals surface area contributed by atoms with E-state index < -0.39 is 0 Å². The molecule has 0 aromatic heterocycles. The van der Waals surface area contributed by atoms with Crippen molar-refractivity contribution >= 4 is 11.8 Å². The predicted octanol–water partition coefficient (Wildman–Crippen LogP) is 1.55. The predicted molar refractivity (Wildman–Crippen MR) is 61.2 cm³/mol. The van der Waals surface area contributed by atoms with E-state index in [1.165, 1.54) is 32.5 Å². The molecule has 0 aliphatic carbocycles. The number of nitrogens with two attached hydrogens (primary N) is 1. The fourth-order valence-electron chi connectivity index (χ4n) is 1.71. The summed E-state index contributed by atoms with van der Waals surface area (Å²) >= 11 is 1.95. The Morgan fingerprint density at radius 3 is 2.38 bits per heavy atom. The number of likely N-dealkylation sites (tertiary alicyclic amines) is 1. The average molecular weight is 202 g/mol. The summed E-state index contributed by atoms with van der Waals surface area (Å²) in [5, 5.41) is 0. The molecule has 1 fully saturated rings. The van der Waals surface area contributed by atoms with Crippen LogP contribution in [0.1, 0.15) is 26.7 Å². The summed E-state index contributed by atoms with van der Waals surface area (Å²) in [5.74, 6) is 0. The SMILES string of the molecule is CSC(C)(C)CN1CCC(N)CC1. The molecule has 1 aliphatic rings. The van der Waals surface area contributed by atoms with Crippen LogP contribution >= 0.6 is 11.8 Å². The van der Waals surface area contributed by atoms with E-state index in [1.54, 1.807) is 0 Å². The van der Waals surface area contributed by atoms with Gasteiger partial charge in [-0.2, -0.15) is 11.8 Å². The molecule has 0 spiro atoms. The van der Waals surface area contributed by atoms with E-state index in [2.05, 4.69) is 25.0 Å². The number of thioether (sulfide) groups is 1. The largest absolute Gasteiger partial charge is 0.328 e. The third-order valence-corrected chi connectivity index (χ3v) is 4.02. The Morgan fingerprint density at radius 2 is 1.92 bits per heavy atom. The second-order valence-corrected chi connectivity index (χ2v) is 6.09. The van der Waals surface area contributed by atoms with E-state index in [4.69, 9.17) is 5.73 Å². The average Bonchev–Trinajstić information content (AvgIpc) is 2.09. The van der Waals surface area contributed by atoms with Crippen molar-refractivity contribution in [3.8, 4) is 0 Å². The van der Waals surface area contributed by atoms with Crippen molar-refractivity contribution in [3.63, 3.8) is 0 Å². The maximum Gasteiger partial charge on any atom is 0.0227 e. The van der Waals surface area contributed by atoms with Gasteiger partial charge >= 0.3 is 0 Å². The van der Waals surface area contributed by atoms with Crippen LogP contribution in [0.25, 0.3) is 0 Å². The van der Waals surface area contributed by atoms with Gasteiger partial charge in [-0.15, -0.1) is 0 Å². The molecule has 1 aliphatic heterocycles. The fourth-order valence-corrected chi connectivity index (χ4v) is 2.03. The third kappa shape index (κ3) is 3.88. The van der Waals surface area contributed by atoms with E-state index in [-0.39, 0.29) is 0 Å². The molecule has 13 heavy (non-hydrogen) atoms. The van der Waals surface area contributed by atoms with E-state index in [1.807, 2.05) is 11.8 Å². The summed E-state index contributed by atoms with van der Waals surface area (Å²) < 4.78 is 0.390. The highest BCUT2D eigenvalue weighted by molar-refractivity contribution is 7.99. The van der Waals surface area contributed by atoms with Crippen molar-refractivity contribution in [1.29, 1.82) is 0 Å². The van der Waals surface area contributed by atoms with Crippen molar-refractivity contribution in [2.45, 2.75) is 37.5 Å². The monoisotopic (exact) mass is 202 g/mol. The lowest BCUT2D eigenvalue weighted by atomic mass is 10.0. The molecule has 0 aromatic carbocycles. The smallest absolute Gasteiger partial charge is 0.0227 e. The molecule has 1 saturated heterocycles.